The molecular formula is C11H21NOS. The molecule has 0 spiro atoms. The van der Waals surface area contributed by atoms with Crippen LogP contribution in [-0.2, 0) is 0 Å². The van der Waals surface area contributed by atoms with Crippen LogP contribution in [0.3, 0.4) is 0 Å². The third-order valence-corrected chi connectivity index (χ3v) is 4.54. The van der Waals surface area contributed by atoms with Crippen LogP contribution in [-0.4, -0.2) is 35.3 Å². The SMILES string of the molecule is OC1CCCC1NCC1CCSCC1. The lowest BCUT2D eigenvalue weighted by atomic mass is 10.0. The predicted molar refractivity (Wildman–Crippen MR) is 61.7 cm³/mol. The molecule has 82 valence electrons. The molecule has 1 aliphatic carbocycles. The van der Waals surface area contributed by atoms with E-state index < -0.39 is 0 Å². The van der Waals surface area contributed by atoms with Crippen molar-refractivity contribution in [2.24, 2.45) is 5.92 Å². The van der Waals surface area contributed by atoms with Crippen LogP contribution >= 0.6 is 11.8 Å². The highest BCUT2D eigenvalue weighted by Gasteiger charge is 2.25. The second-order valence-corrected chi connectivity index (χ2v) is 5.79. The molecule has 0 aromatic heterocycles. The zero-order chi connectivity index (χ0) is 9.80. The van der Waals surface area contributed by atoms with E-state index in [2.05, 4.69) is 17.1 Å². The maximum absolute atomic E-state index is 9.65. The molecule has 14 heavy (non-hydrogen) atoms. The number of hydrogen-bond acceptors (Lipinski definition) is 3. The summed E-state index contributed by atoms with van der Waals surface area (Å²) in [6.07, 6.45) is 6.01. The van der Waals surface area contributed by atoms with Crippen molar-refractivity contribution in [3.05, 3.63) is 0 Å². The molecule has 0 aromatic rings. The minimum atomic E-state index is -0.0760. The maximum atomic E-state index is 9.65. The van der Waals surface area contributed by atoms with Crippen LogP contribution in [0.5, 0.6) is 0 Å². The molecule has 0 amide bonds. The van der Waals surface area contributed by atoms with Gasteiger partial charge in [-0.05, 0) is 56.1 Å². The van der Waals surface area contributed by atoms with Gasteiger partial charge >= 0.3 is 0 Å². The summed E-state index contributed by atoms with van der Waals surface area (Å²) in [7, 11) is 0. The van der Waals surface area contributed by atoms with E-state index in [9.17, 15) is 5.11 Å². The second-order valence-electron chi connectivity index (χ2n) is 4.57. The van der Waals surface area contributed by atoms with Crippen LogP contribution in [0.15, 0.2) is 0 Å². The fourth-order valence-corrected chi connectivity index (χ4v) is 3.65. The zero-order valence-electron chi connectivity index (χ0n) is 8.74. The maximum Gasteiger partial charge on any atom is 0.0693 e. The first kappa shape index (κ1) is 10.8. The highest BCUT2D eigenvalue weighted by molar-refractivity contribution is 7.99. The average molecular weight is 215 g/mol. The van der Waals surface area contributed by atoms with Gasteiger partial charge < -0.3 is 10.4 Å². The minimum absolute atomic E-state index is 0.0760. The second kappa shape index (κ2) is 5.38. The number of thioether (sulfide) groups is 1. The van der Waals surface area contributed by atoms with E-state index in [4.69, 9.17) is 0 Å². The van der Waals surface area contributed by atoms with Crippen LogP contribution in [0, 0.1) is 5.92 Å². The first-order chi connectivity index (χ1) is 6.86. The van der Waals surface area contributed by atoms with E-state index in [1.807, 2.05) is 0 Å². The molecule has 0 aromatic carbocycles. The fourth-order valence-electron chi connectivity index (χ4n) is 2.45. The quantitative estimate of drug-likeness (QED) is 0.750. The Labute approximate surface area is 90.8 Å². The van der Waals surface area contributed by atoms with Gasteiger partial charge in [-0.15, -0.1) is 0 Å². The molecule has 0 bridgehead atoms. The topological polar surface area (TPSA) is 32.3 Å². The molecule has 0 radical (unpaired) electrons. The van der Waals surface area contributed by atoms with Crippen molar-refractivity contribution in [1.82, 2.24) is 5.32 Å². The van der Waals surface area contributed by atoms with Gasteiger partial charge in [0, 0.05) is 6.04 Å². The Kier molecular flexibility index (Phi) is 4.14. The Hall–Kier alpha value is 0.270. The van der Waals surface area contributed by atoms with Gasteiger partial charge in [0.25, 0.3) is 0 Å². The summed E-state index contributed by atoms with van der Waals surface area (Å²) >= 11 is 2.08. The molecule has 2 N–H and O–H groups in total. The van der Waals surface area contributed by atoms with Crippen molar-refractivity contribution in [1.29, 1.82) is 0 Å². The number of aliphatic hydroxyl groups excluding tert-OH is 1. The third kappa shape index (κ3) is 2.88. The molecule has 2 aliphatic rings. The molecule has 2 nitrogen and oxygen atoms in total. The number of hydrogen-bond donors (Lipinski definition) is 2. The van der Waals surface area contributed by atoms with Gasteiger partial charge in [0.1, 0.15) is 0 Å². The van der Waals surface area contributed by atoms with Gasteiger partial charge in [-0.1, -0.05) is 0 Å². The lowest BCUT2D eigenvalue weighted by molar-refractivity contribution is 0.146. The summed E-state index contributed by atoms with van der Waals surface area (Å²) in [5.74, 6) is 3.53. The summed E-state index contributed by atoms with van der Waals surface area (Å²) in [5.41, 5.74) is 0. The van der Waals surface area contributed by atoms with Crippen molar-refractivity contribution in [3.8, 4) is 0 Å². The van der Waals surface area contributed by atoms with Gasteiger partial charge in [0.05, 0.1) is 6.10 Å². The van der Waals surface area contributed by atoms with E-state index in [0.717, 1.165) is 18.9 Å². The first-order valence-corrected chi connectivity index (χ1v) is 7.01. The number of rotatable bonds is 3. The van der Waals surface area contributed by atoms with E-state index >= 15 is 0 Å². The smallest absolute Gasteiger partial charge is 0.0693 e. The molecule has 1 aliphatic heterocycles. The molecule has 2 unspecified atom stereocenters. The number of aliphatic hydroxyl groups is 1. The lowest BCUT2D eigenvalue weighted by Crippen LogP contribution is -2.39. The van der Waals surface area contributed by atoms with Crippen LogP contribution in [0.1, 0.15) is 32.1 Å². The molecule has 1 saturated heterocycles. The van der Waals surface area contributed by atoms with Gasteiger partial charge in [-0.3, -0.25) is 0 Å². The predicted octanol–water partition coefficient (Wildman–Crippen LogP) is 1.63. The van der Waals surface area contributed by atoms with Crippen molar-refractivity contribution < 1.29 is 5.11 Å². The summed E-state index contributed by atoms with van der Waals surface area (Å²) < 4.78 is 0. The van der Waals surface area contributed by atoms with Crippen LogP contribution in [0.4, 0.5) is 0 Å². The zero-order valence-corrected chi connectivity index (χ0v) is 9.56. The third-order valence-electron chi connectivity index (χ3n) is 3.49. The summed E-state index contributed by atoms with van der Waals surface area (Å²) in [6, 6.07) is 0.393. The normalized spacial score (nSPS) is 34.9. The Balaban J connectivity index is 1.65. The van der Waals surface area contributed by atoms with Crippen molar-refractivity contribution in [3.63, 3.8) is 0 Å². The van der Waals surface area contributed by atoms with Crippen molar-refractivity contribution in [2.45, 2.75) is 44.2 Å². The summed E-state index contributed by atoms with van der Waals surface area (Å²) in [5, 5.41) is 13.2. The standard InChI is InChI=1S/C11H21NOS/c13-11-3-1-2-10(11)12-8-9-4-6-14-7-5-9/h9-13H,1-8H2. The van der Waals surface area contributed by atoms with E-state index in [1.54, 1.807) is 0 Å². The van der Waals surface area contributed by atoms with Gasteiger partial charge in [0.2, 0.25) is 0 Å². The highest BCUT2D eigenvalue weighted by Crippen LogP contribution is 2.23. The van der Waals surface area contributed by atoms with Crippen molar-refractivity contribution in [2.75, 3.05) is 18.1 Å². The Morgan fingerprint density at radius 3 is 2.57 bits per heavy atom. The van der Waals surface area contributed by atoms with Gasteiger partial charge in [-0.2, -0.15) is 11.8 Å². The van der Waals surface area contributed by atoms with Crippen LogP contribution < -0.4 is 5.32 Å². The molecule has 1 saturated carbocycles. The monoisotopic (exact) mass is 215 g/mol. The Morgan fingerprint density at radius 2 is 1.93 bits per heavy atom. The highest BCUT2D eigenvalue weighted by atomic mass is 32.2. The van der Waals surface area contributed by atoms with Crippen LogP contribution in [0.2, 0.25) is 0 Å². The fraction of sp³-hybridized carbons (Fsp3) is 1.00. The van der Waals surface area contributed by atoms with Crippen molar-refractivity contribution >= 4 is 11.8 Å². The van der Waals surface area contributed by atoms with E-state index in [-0.39, 0.29) is 6.10 Å². The van der Waals surface area contributed by atoms with E-state index in [1.165, 1.54) is 37.2 Å². The largest absolute Gasteiger partial charge is 0.392 e. The molecule has 2 atom stereocenters. The average Bonchev–Trinajstić information content (AvgIpc) is 2.63. The molecule has 3 heteroatoms. The lowest BCUT2D eigenvalue weighted by Gasteiger charge is -2.24. The number of nitrogens with one attached hydrogen (secondary N) is 1. The van der Waals surface area contributed by atoms with E-state index in [0.29, 0.717) is 6.04 Å². The van der Waals surface area contributed by atoms with Gasteiger partial charge in [-0.25, -0.2) is 0 Å². The first-order valence-electron chi connectivity index (χ1n) is 5.85. The minimum Gasteiger partial charge on any atom is -0.392 e. The summed E-state index contributed by atoms with van der Waals surface area (Å²) in [6.45, 7) is 1.13. The Bertz CT molecular complexity index is 171. The molecule has 2 fully saturated rings. The molecule has 2 rings (SSSR count). The van der Waals surface area contributed by atoms with Gasteiger partial charge in [0.15, 0.2) is 0 Å². The summed E-state index contributed by atoms with van der Waals surface area (Å²) in [4.78, 5) is 0. The molecule has 1 heterocycles. The Morgan fingerprint density at radius 1 is 1.14 bits per heavy atom. The van der Waals surface area contributed by atoms with Crippen LogP contribution in [0.25, 0.3) is 0 Å². The molecular weight excluding hydrogens is 194 g/mol.